The van der Waals surface area contributed by atoms with Crippen LogP contribution in [0.15, 0.2) is 35.2 Å². The van der Waals surface area contributed by atoms with Gasteiger partial charge in [-0.25, -0.2) is 4.79 Å². The van der Waals surface area contributed by atoms with Crippen LogP contribution in [-0.4, -0.2) is 69.4 Å². The number of carbonyl (C=O) groups excluding carboxylic acids is 3. The fourth-order valence-electron chi connectivity index (χ4n) is 4.58. The number of thioether (sulfide) groups is 1. The van der Waals surface area contributed by atoms with Crippen LogP contribution < -0.4 is 14.8 Å². The molecule has 0 aromatic heterocycles. The molecule has 1 heterocycles. The highest BCUT2D eigenvalue weighted by molar-refractivity contribution is 7.98. The molecule has 0 saturated carbocycles. The lowest BCUT2D eigenvalue weighted by Gasteiger charge is -2.32. The lowest BCUT2D eigenvalue weighted by atomic mass is 9.94. The monoisotopic (exact) mass is 596 g/mol. The van der Waals surface area contributed by atoms with E-state index in [1.807, 2.05) is 24.5 Å². The molecule has 1 saturated heterocycles. The molecule has 39 heavy (non-hydrogen) atoms. The first-order valence-corrected chi connectivity index (χ1v) is 14.6. The van der Waals surface area contributed by atoms with E-state index < -0.39 is 12.0 Å². The molecule has 0 unspecified atom stereocenters. The number of ether oxygens (including phenoxy) is 3. The highest BCUT2D eigenvalue weighted by atomic mass is 35.5. The van der Waals surface area contributed by atoms with Crippen LogP contribution in [0.4, 0.5) is 0 Å². The Hall–Kier alpha value is -2.62. The Bertz CT molecular complexity index is 1190. The van der Waals surface area contributed by atoms with Gasteiger partial charge in [0.15, 0.2) is 11.5 Å². The number of hydrogen-bond donors (Lipinski definition) is 1. The largest absolute Gasteiger partial charge is 0.493 e. The van der Waals surface area contributed by atoms with Gasteiger partial charge in [0, 0.05) is 36.7 Å². The molecule has 0 bridgehead atoms. The summed E-state index contributed by atoms with van der Waals surface area (Å²) in [5.74, 6) is 0.0455. The van der Waals surface area contributed by atoms with E-state index in [2.05, 4.69) is 5.32 Å². The molecule has 2 aromatic rings. The minimum Gasteiger partial charge on any atom is -0.493 e. The summed E-state index contributed by atoms with van der Waals surface area (Å²) in [6.07, 6.45) is 3.98. The smallest absolute Gasteiger partial charge is 0.328 e. The average Bonchev–Trinajstić information content (AvgIpc) is 2.96. The minimum absolute atomic E-state index is 0.0101. The number of aryl methyl sites for hydroxylation is 1. The first-order valence-electron chi connectivity index (χ1n) is 12.6. The van der Waals surface area contributed by atoms with Gasteiger partial charge in [-0.2, -0.15) is 0 Å². The van der Waals surface area contributed by atoms with Crippen molar-refractivity contribution >= 4 is 52.7 Å². The number of halogens is 2. The van der Waals surface area contributed by atoms with Crippen molar-refractivity contribution in [3.05, 3.63) is 51.5 Å². The SMILES string of the molecule is COC(=O)[C@H](Cc1ccc(OC)c(OC)c1)NC(=O)C1CCN(C(=O)CCc2ccc(SC)c(Cl)c2Cl)CC1. The molecular formula is C28H34Cl2N2O6S. The highest BCUT2D eigenvalue weighted by Gasteiger charge is 2.31. The Morgan fingerprint density at radius 2 is 1.72 bits per heavy atom. The summed E-state index contributed by atoms with van der Waals surface area (Å²) >= 11 is 14.2. The van der Waals surface area contributed by atoms with E-state index in [0.29, 0.717) is 60.3 Å². The molecule has 1 atom stereocenters. The number of piperidine rings is 1. The van der Waals surface area contributed by atoms with Crippen LogP contribution in [0, 0.1) is 5.92 Å². The van der Waals surface area contributed by atoms with Crippen LogP contribution in [0.2, 0.25) is 10.0 Å². The molecule has 1 fully saturated rings. The van der Waals surface area contributed by atoms with E-state index in [4.69, 9.17) is 37.4 Å². The van der Waals surface area contributed by atoms with Crippen LogP contribution in [0.1, 0.15) is 30.4 Å². The maximum atomic E-state index is 13.1. The van der Waals surface area contributed by atoms with Gasteiger partial charge in [-0.05, 0) is 54.8 Å². The predicted octanol–water partition coefficient (Wildman–Crippen LogP) is 4.80. The van der Waals surface area contributed by atoms with E-state index in [1.165, 1.54) is 26.0 Å². The fourth-order valence-corrected chi connectivity index (χ4v) is 5.80. The van der Waals surface area contributed by atoms with E-state index in [9.17, 15) is 14.4 Å². The zero-order chi connectivity index (χ0) is 28.5. The zero-order valence-electron chi connectivity index (χ0n) is 22.6. The van der Waals surface area contributed by atoms with Crippen molar-refractivity contribution in [2.45, 2.75) is 43.0 Å². The van der Waals surface area contributed by atoms with Crippen molar-refractivity contribution in [1.82, 2.24) is 10.2 Å². The molecule has 1 aliphatic rings. The van der Waals surface area contributed by atoms with Gasteiger partial charge in [0.05, 0.1) is 31.4 Å². The molecule has 2 aromatic carbocycles. The van der Waals surface area contributed by atoms with Crippen LogP contribution in [0.3, 0.4) is 0 Å². The Labute approximate surface area is 243 Å². The van der Waals surface area contributed by atoms with Gasteiger partial charge in [0.2, 0.25) is 11.8 Å². The van der Waals surface area contributed by atoms with E-state index in [0.717, 1.165) is 16.0 Å². The lowest BCUT2D eigenvalue weighted by Crippen LogP contribution is -2.48. The van der Waals surface area contributed by atoms with E-state index >= 15 is 0 Å². The molecule has 3 rings (SSSR count). The molecule has 2 amide bonds. The minimum atomic E-state index is -0.852. The second-order valence-electron chi connectivity index (χ2n) is 9.19. The normalized spacial score (nSPS) is 14.5. The molecule has 1 aliphatic heterocycles. The van der Waals surface area contributed by atoms with E-state index in [1.54, 1.807) is 24.1 Å². The van der Waals surface area contributed by atoms with Gasteiger partial charge in [0.1, 0.15) is 6.04 Å². The second kappa shape index (κ2) is 14.7. The first-order chi connectivity index (χ1) is 18.7. The van der Waals surface area contributed by atoms with Crippen molar-refractivity contribution in [2.75, 3.05) is 40.7 Å². The molecule has 212 valence electrons. The standard InChI is InChI=1S/C28H34Cl2N2O6S/c1-36-21-8-5-17(16-22(21)37-2)15-20(28(35)38-3)31-27(34)19-11-13-32(14-12-19)24(33)10-7-18-6-9-23(39-4)26(30)25(18)29/h5-6,8-9,16,19-20H,7,10-15H2,1-4H3,(H,31,34)/t20-/m0/s1. The summed E-state index contributed by atoms with van der Waals surface area (Å²) < 4.78 is 15.5. The van der Waals surface area contributed by atoms with Gasteiger partial charge in [-0.1, -0.05) is 35.3 Å². The summed E-state index contributed by atoms with van der Waals surface area (Å²) in [6, 6.07) is 8.29. The maximum Gasteiger partial charge on any atom is 0.328 e. The second-order valence-corrected chi connectivity index (χ2v) is 10.8. The van der Waals surface area contributed by atoms with Crippen LogP contribution in [-0.2, 0) is 32.0 Å². The topological polar surface area (TPSA) is 94.2 Å². The number of carbonyl (C=O) groups is 3. The Morgan fingerprint density at radius 3 is 2.33 bits per heavy atom. The van der Waals surface area contributed by atoms with Gasteiger partial charge in [0.25, 0.3) is 0 Å². The summed E-state index contributed by atoms with van der Waals surface area (Å²) in [5.41, 5.74) is 1.62. The molecule has 8 nitrogen and oxygen atoms in total. The third kappa shape index (κ3) is 7.96. The lowest BCUT2D eigenvalue weighted by molar-refractivity contribution is -0.145. The van der Waals surface area contributed by atoms with Crippen LogP contribution in [0.5, 0.6) is 11.5 Å². The van der Waals surface area contributed by atoms with Gasteiger partial charge in [-0.15, -0.1) is 11.8 Å². The quantitative estimate of drug-likeness (QED) is 0.294. The summed E-state index contributed by atoms with van der Waals surface area (Å²) in [7, 11) is 4.37. The molecule has 0 aliphatic carbocycles. The number of nitrogens with zero attached hydrogens (tertiary/aromatic N) is 1. The number of nitrogens with one attached hydrogen (secondary N) is 1. The summed E-state index contributed by atoms with van der Waals surface area (Å²) in [5, 5.41) is 3.84. The third-order valence-electron chi connectivity index (χ3n) is 6.86. The van der Waals surface area contributed by atoms with Crippen molar-refractivity contribution in [2.24, 2.45) is 5.92 Å². The van der Waals surface area contributed by atoms with Gasteiger partial charge in [-0.3, -0.25) is 9.59 Å². The fraction of sp³-hybridized carbons (Fsp3) is 0.464. The average molecular weight is 598 g/mol. The molecular weight excluding hydrogens is 563 g/mol. The number of methoxy groups -OCH3 is 3. The number of esters is 1. The van der Waals surface area contributed by atoms with Crippen LogP contribution >= 0.6 is 35.0 Å². The molecule has 0 spiro atoms. The number of amides is 2. The van der Waals surface area contributed by atoms with Crippen LogP contribution in [0.25, 0.3) is 0 Å². The maximum absolute atomic E-state index is 13.1. The third-order valence-corrected chi connectivity index (χ3v) is 8.68. The van der Waals surface area contributed by atoms with Crippen molar-refractivity contribution in [3.63, 3.8) is 0 Å². The molecule has 11 heteroatoms. The zero-order valence-corrected chi connectivity index (χ0v) is 24.9. The van der Waals surface area contributed by atoms with Crippen molar-refractivity contribution in [3.8, 4) is 11.5 Å². The Morgan fingerprint density at radius 1 is 1.03 bits per heavy atom. The molecule has 0 radical (unpaired) electrons. The number of benzene rings is 2. The van der Waals surface area contributed by atoms with E-state index in [-0.39, 0.29) is 24.2 Å². The summed E-state index contributed by atoms with van der Waals surface area (Å²) in [6.45, 7) is 0.935. The number of hydrogen-bond acceptors (Lipinski definition) is 7. The Kier molecular flexibility index (Phi) is 11.6. The summed E-state index contributed by atoms with van der Waals surface area (Å²) in [4.78, 5) is 41.0. The Balaban J connectivity index is 1.54. The van der Waals surface area contributed by atoms with Crippen molar-refractivity contribution < 1.29 is 28.6 Å². The first kappa shape index (κ1) is 30.9. The number of likely N-dealkylation sites (tertiary alicyclic amines) is 1. The highest BCUT2D eigenvalue weighted by Crippen LogP contribution is 2.35. The van der Waals surface area contributed by atoms with Gasteiger partial charge >= 0.3 is 5.97 Å². The number of rotatable bonds is 11. The predicted molar refractivity (Wildman–Crippen MR) is 153 cm³/mol. The van der Waals surface area contributed by atoms with Crippen molar-refractivity contribution in [1.29, 1.82) is 0 Å². The molecule has 1 N–H and O–H groups in total. The van der Waals surface area contributed by atoms with Gasteiger partial charge < -0.3 is 24.4 Å².